The molecule has 0 saturated carbocycles. The number of piperazine rings is 1. The molecule has 0 bridgehead atoms. The van der Waals surface area contributed by atoms with Crippen molar-refractivity contribution in [2.45, 2.75) is 6.92 Å². The van der Waals surface area contributed by atoms with Gasteiger partial charge in [0.2, 0.25) is 0 Å². The van der Waals surface area contributed by atoms with E-state index in [4.69, 9.17) is 4.98 Å². The van der Waals surface area contributed by atoms with Crippen LogP contribution >= 0.6 is 0 Å². The molecule has 4 nitrogen and oxygen atoms in total. The third-order valence-corrected chi connectivity index (χ3v) is 3.63. The molecule has 1 aliphatic rings. The second-order valence-electron chi connectivity index (χ2n) is 4.90. The molecule has 0 aliphatic carbocycles. The van der Waals surface area contributed by atoms with Crippen molar-refractivity contribution >= 4 is 23.0 Å². The summed E-state index contributed by atoms with van der Waals surface area (Å²) in [4.78, 5) is 18.1. The van der Waals surface area contributed by atoms with E-state index in [-0.39, 0.29) is 0 Å². The molecular formula is C15H17N3O. The summed E-state index contributed by atoms with van der Waals surface area (Å²) in [5.74, 6) is 0.973. The topological polar surface area (TPSA) is 45.2 Å². The first-order valence-corrected chi connectivity index (χ1v) is 6.61. The van der Waals surface area contributed by atoms with Crippen molar-refractivity contribution in [2.75, 3.05) is 31.1 Å². The summed E-state index contributed by atoms with van der Waals surface area (Å²) in [6.45, 7) is 5.95. The minimum Gasteiger partial charge on any atom is -0.354 e. The molecule has 1 aliphatic heterocycles. The number of carbonyl (C=O) groups excluding carboxylic acids is 1. The van der Waals surface area contributed by atoms with Crippen LogP contribution in [0.5, 0.6) is 0 Å². The van der Waals surface area contributed by atoms with Crippen molar-refractivity contribution in [1.29, 1.82) is 0 Å². The minimum absolute atomic E-state index is 0.664. The average molecular weight is 255 g/mol. The van der Waals surface area contributed by atoms with Gasteiger partial charge >= 0.3 is 0 Å². The van der Waals surface area contributed by atoms with Crippen LogP contribution in [0.1, 0.15) is 15.9 Å². The van der Waals surface area contributed by atoms with Crippen LogP contribution in [-0.2, 0) is 0 Å². The summed E-state index contributed by atoms with van der Waals surface area (Å²) in [6.07, 6.45) is 0.885. The molecule has 1 saturated heterocycles. The molecule has 1 fully saturated rings. The lowest BCUT2D eigenvalue weighted by atomic mass is 10.1. The summed E-state index contributed by atoms with van der Waals surface area (Å²) < 4.78 is 0. The molecule has 1 N–H and O–H groups in total. The molecule has 1 aromatic carbocycles. The van der Waals surface area contributed by atoms with Gasteiger partial charge in [0, 0.05) is 37.1 Å². The van der Waals surface area contributed by atoms with Gasteiger partial charge < -0.3 is 10.2 Å². The number of anilines is 1. The van der Waals surface area contributed by atoms with Gasteiger partial charge in [-0.05, 0) is 24.6 Å². The van der Waals surface area contributed by atoms with Crippen LogP contribution in [0, 0.1) is 6.92 Å². The molecule has 0 atom stereocenters. The standard InChI is InChI=1S/C15H17N3O/c1-11-9-14(18-7-5-16-6-8-18)17-15-12(10-19)3-2-4-13(11)15/h2-4,9-10,16H,5-8H2,1H3. The number of carbonyl (C=O) groups is 1. The first kappa shape index (κ1) is 12.1. The fourth-order valence-corrected chi connectivity index (χ4v) is 2.57. The van der Waals surface area contributed by atoms with Crippen molar-refractivity contribution in [2.24, 2.45) is 0 Å². The Morgan fingerprint density at radius 1 is 1.32 bits per heavy atom. The van der Waals surface area contributed by atoms with Gasteiger partial charge in [-0.15, -0.1) is 0 Å². The maximum absolute atomic E-state index is 11.2. The largest absolute Gasteiger partial charge is 0.354 e. The fraction of sp³-hybridized carbons (Fsp3) is 0.333. The number of hydrogen-bond donors (Lipinski definition) is 1. The Morgan fingerprint density at radius 3 is 2.84 bits per heavy atom. The minimum atomic E-state index is 0.664. The summed E-state index contributed by atoms with van der Waals surface area (Å²) in [5.41, 5.74) is 2.64. The number of rotatable bonds is 2. The third-order valence-electron chi connectivity index (χ3n) is 3.63. The molecule has 4 heteroatoms. The number of hydrogen-bond acceptors (Lipinski definition) is 4. The van der Waals surface area contributed by atoms with Gasteiger partial charge in [0.1, 0.15) is 5.82 Å². The molecule has 98 valence electrons. The summed E-state index contributed by atoms with van der Waals surface area (Å²) >= 11 is 0. The van der Waals surface area contributed by atoms with E-state index in [2.05, 4.69) is 23.2 Å². The summed E-state index contributed by atoms with van der Waals surface area (Å²) in [5, 5.41) is 4.39. The van der Waals surface area contributed by atoms with E-state index in [1.54, 1.807) is 0 Å². The number of para-hydroxylation sites is 1. The molecule has 1 aromatic heterocycles. The Bertz CT molecular complexity index is 618. The quantitative estimate of drug-likeness (QED) is 0.831. The molecule has 0 amide bonds. The summed E-state index contributed by atoms with van der Waals surface area (Å²) in [6, 6.07) is 7.86. The Hall–Kier alpha value is -1.94. The molecule has 2 heterocycles. The van der Waals surface area contributed by atoms with Gasteiger partial charge in [-0.3, -0.25) is 4.79 Å². The predicted octanol–water partition coefficient (Wildman–Crippen LogP) is 1.77. The number of pyridine rings is 1. The number of fused-ring (bicyclic) bond motifs is 1. The average Bonchev–Trinajstić information content (AvgIpc) is 2.47. The van der Waals surface area contributed by atoms with Crippen molar-refractivity contribution in [1.82, 2.24) is 10.3 Å². The number of benzene rings is 1. The Kier molecular flexibility index (Phi) is 3.17. The van der Waals surface area contributed by atoms with Crippen LogP contribution in [0.25, 0.3) is 10.9 Å². The highest BCUT2D eigenvalue weighted by Gasteiger charge is 2.14. The highest BCUT2D eigenvalue weighted by molar-refractivity contribution is 5.97. The van der Waals surface area contributed by atoms with E-state index in [9.17, 15) is 4.79 Å². The monoisotopic (exact) mass is 255 g/mol. The highest BCUT2D eigenvalue weighted by Crippen LogP contribution is 2.24. The van der Waals surface area contributed by atoms with E-state index >= 15 is 0 Å². The van der Waals surface area contributed by atoms with Crippen LogP contribution in [0.15, 0.2) is 24.3 Å². The number of nitrogens with zero attached hydrogens (tertiary/aromatic N) is 2. The Labute approximate surface area is 112 Å². The van der Waals surface area contributed by atoms with Gasteiger partial charge in [-0.2, -0.15) is 0 Å². The number of aromatic nitrogens is 1. The van der Waals surface area contributed by atoms with Crippen molar-refractivity contribution in [3.05, 3.63) is 35.4 Å². The van der Waals surface area contributed by atoms with E-state index in [0.717, 1.165) is 49.2 Å². The number of aryl methyl sites for hydroxylation is 1. The van der Waals surface area contributed by atoms with Gasteiger partial charge in [0.25, 0.3) is 0 Å². The zero-order valence-electron chi connectivity index (χ0n) is 11.0. The maximum atomic E-state index is 11.2. The fourth-order valence-electron chi connectivity index (χ4n) is 2.57. The van der Waals surface area contributed by atoms with Crippen LogP contribution < -0.4 is 10.2 Å². The van der Waals surface area contributed by atoms with Gasteiger partial charge in [-0.25, -0.2) is 4.98 Å². The maximum Gasteiger partial charge on any atom is 0.152 e. The van der Waals surface area contributed by atoms with Crippen LogP contribution in [0.4, 0.5) is 5.82 Å². The smallest absolute Gasteiger partial charge is 0.152 e. The number of nitrogens with one attached hydrogen (secondary N) is 1. The van der Waals surface area contributed by atoms with Crippen LogP contribution in [0.3, 0.4) is 0 Å². The lowest BCUT2D eigenvalue weighted by Crippen LogP contribution is -2.43. The van der Waals surface area contributed by atoms with E-state index in [1.165, 1.54) is 5.56 Å². The van der Waals surface area contributed by atoms with Crippen molar-refractivity contribution in [3.63, 3.8) is 0 Å². The zero-order valence-corrected chi connectivity index (χ0v) is 11.0. The van der Waals surface area contributed by atoms with Crippen LogP contribution in [0.2, 0.25) is 0 Å². The molecule has 0 spiro atoms. The normalized spacial score (nSPS) is 15.7. The predicted molar refractivity (Wildman–Crippen MR) is 77.0 cm³/mol. The molecule has 0 radical (unpaired) electrons. The Morgan fingerprint density at radius 2 is 2.11 bits per heavy atom. The van der Waals surface area contributed by atoms with Gasteiger partial charge in [-0.1, -0.05) is 12.1 Å². The van der Waals surface area contributed by atoms with Gasteiger partial charge in [0.15, 0.2) is 6.29 Å². The second-order valence-corrected chi connectivity index (χ2v) is 4.90. The zero-order chi connectivity index (χ0) is 13.2. The van der Waals surface area contributed by atoms with E-state index < -0.39 is 0 Å². The second kappa shape index (κ2) is 4.97. The molecule has 2 aromatic rings. The van der Waals surface area contributed by atoms with Gasteiger partial charge in [0.05, 0.1) is 5.52 Å². The first-order valence-electron chi connectivity index (χ1n) is 6.61. The molecule has 0 unspecified atom stereocenters. The lowest BCUT2D eigenvalue weighted by Gasteiger charge is -2.29. The van der Waals surface area contributed by atoms with Crippen molar-refractivity contribution in [3.8, 4) is 0 Å². The first-order chi connectivity index (χ1) is 9.29. The van der Waals surface area contributed by atoms with Crippen LogP contribution in [-0.4, -0.2) is 37.4 Å². The number of aldehydes is 1. The van der Waals surface area contributed by atoms with Crippen molar-refractivity contribution < 1.29 is 4.79 Å². The third kappa shape index (κ3) is 2.19. The molecule has 19 heavy (non-hydrogen) atoms. The highest BCUT2D eigenvalue weighted by atomic mass is 16.1. The van der Waals surface area contributed by atoms with E-state index in [1.807, 2.05) is 18.2 Å². The lowest BCUT2D eigenvalue weighted by molar-refractivity contribution is 0.112. The SMILES string of the molecule is Cc1cc(N2CCNCC2)nc2c(C=O)cccc12. The molecular weight excluding hydrogens is 238 g/mol. The van der Waals surface area contributed by atoms with E-state index in [0.29, 0.717) is 5.56 Å². The Balaban J connectivity index is 2.14. The molecule has 3 rings (SSSR count). The summed E-state index contributed by atoms with van der Waals surface area (Å²) in [7, 11) is 0.